The number of nitrogen functional groups attached to an aromatic ring is 1. The van der Waals surface area contributed by atoms with Gasteiger partial charge < -0.3 is 19.6 Å². The molecule has 0 aliphatic carbocycles. The van der Waals surface area contributed by atoms with Crippen LogP contribution < -0.4 is 5.73 Å². The molecular formula is C13H12N2O5. The number of esters is 2. The molecule has 104 valence electrons. The van der Waals surface area contributed by atoms with Gasteiger partial charge in [-0.1, -0.05) is 0 Å². The van der Waals surface area contributed by atoms with Gasteiger partial charge in [0.15, 0.2) is 0 Å². The fraction of sp³-hybridized carbons (Fsp3) is 0.154. The van der Waals surface area contributed by atoms with Crippen LogP contribution in [0.3, 0.4) is 0 Å². The molecule has 2 aromatic rings. The molecule has 0 saturated heterocycles. The van der Waals surface area contributed by atoms with Crippen LogP contribution in [-0.2, 0) is 16.1 Å². The van der Waals surface area contributed by atoms with Crippen molar-refractivity contribution in [3.63, 3.8) is 0 Å². The number of anilines is 1. The van der Waals surface area contributed by atoms with E-state index in [1.165, 1.54) is 31.5 Å². The van der Waals surface area contributed by atoms with Crippen LogP contribution in [0.1, 0.15) is 26.7 Å². The average molecular weight is 276 g/mol. The molecule has 2 aromatic heterocycles. The molecule has 2 N–H and O–H groups in total. The van der Waals surface area contributed by atoms with E-state index in [0.29, 0.717) is 5.76 Å². The van der Waals surface area contributed by atoms with Crippen LogP contribution in [0, 0.1) is 0 Å². The van der Waals surface area contributed by atoms with Crippen molar-refractivity contribution in [2.24, 2.45) is 0 Å². The first-order valence-electron chi connectivity index (χ1n) is 5.66. The number of nitrogens with two attached hydrogens (primary N) is 1. The number of nitrogens with zero attached hydrogens (tertiary/aromatic N) is 1. The van der Waals surface area contributed by atoms with Crippen molar-refractivity contribution in [3.05, 3.63) is 47.5 Å². The lowest BCUT2D eigenvalue weighted by atomic mass is 10.2. The lowest BCUT2D eigenvalue weighted by Gasteiger charge is -2.04. The summed E-state index contributed by atoms with van der Waals surface area (Å²) in [7, 11) is 1.25. The number of rotatable bonds is 4. The zero-order valence-corrected chi connectivity index (χ0v) is 10.7. The van der Waals surface area contributed by atoms with Crippen LogP contribution in [0.2, 0.25) is 0 Å². The van der Waals surface area contributed by atoms with E-state index in [1.54, 1.807) is 6.07 Å². The summed E-state index contributed by atoms with van der Waals surface area (Å²) in [5, 5.41) is 0. The van der Waals surface area contributed by atoms with Crippen LogP contribution >= 0.6 is 0 Å². The number of hydrogen-bond donors (Lipinski definition) is 1. The van der Waals surface area contributed by atoms with Crippen molar-refractivity contribution in [2.45, 2.75) is 6.61 Å². The molecule has 7 nitrogen and oxygen atoms in total. The average Bonchev–Trinajstić information content (AvgIpc) is 2.93. The van der Waals surface area contributed by atoms with Crippen LogP contribution in [0.4, 0.5) is 5.82 Å². The molecule has 0 aliphatic rings. The topological polar surface area (TPSA) is 105 Å². The van der Waals surface area contributed by atoms with Gasteiger partial charge in [0.1, 0.15) is 23.7 Å². The lowest BCUT2D eigenvalue weighted by molar-refractivity contribution is 0.0439. The van der Waals surface area contributed by atoms with Gasteiger partial charge >= 0.3 is 11.9 Å². The van der Waals surface area contributed by atoms with Crippen molar-refractivity contribution in [1.29, 1.82) is 0 Å². The van der Waals surface area contributed by atoms with Gasteiger partial charge in [0.25, 0.3) is 0 Å². The molecule has 0 saturated carbocycles. The second-order valence-electron chi connectivity index (χ2n) is 3.77. The summed E-state index contributed by atoms with van der Waals surface area (Å²) >= 11 is 0. The van der Waals surface area contributed by atoms with Gasteiger partial charge in [-0.25, -0.2) is 14.6 Å². The van der Waals surface area contributed by atoms with E-state index in [2.05, 4.69) is 9.72 Å². The minimum atomic E-state index is -0.619. The van der Waals surface area contributed by atoms with Crippen LogP contribution in [0.25, 0.3) is 0 Å². The molecule has 7 heteroatoms. The lowest BCUT2D eigenvalue weighted by Crippen LogP contribution is -2.09. The highest BCUT2D eigenvalue weighted by atomic mass is 16.5. The maximum Gasteiger partial charge on any atom is 0.373 e. The largest absolute Gasteiger partial charge is 0.463 e. The maximum absolute atomic E-state index is 11.8. The van der Waals surface area contributed by atoms with E-state index in [1.807, 2.05) is 0 Å². The summed E-state index contributed by atoms with van der Waals surface area (Å²) in [6.45, 7) is -0.121. The van der Waals surface area contributed by atoms with Gasteiger partial charge in [-0.15, -0.1) is 0 Å². The van der Waals surface area contributed by atoms with Gasteiger partial charge in [-0.2, -0.15) is 0 Å². The van der Waals surface area contributed by atoms with Crippen LogP contribution in [-0.4, -0.2) is 24.0 Å². The fourth-order valence-corrected chi connectivity index (χ4v) is 1.47. The molecule has 20 heavy (non-hydrogen) atoms. The molecule has 2 heterocycles. The Balaban J connectivity index is 1.99. The first-order chi connectivity index (χ1) is 9.61. The second-order valence-corrected chi connectivity index (χ2v) is 3.77. The molecule has 2 rings (SSSR count). The predicted molar refractivity (Wildman–Crippen MR) is 67.8 cm³/mol. The molecule has 0 fully saturated rings. The summed E-state index contributed by atoms with van der Waals surface area (Å²) in [5.41, 5.74) is 5.73. The van der Waals surface area contributed by atoms with E-state index in [0.717, 1.165) is 0 Å². The molecule has 0 unspecified atom stereocenters. The predicted octanol–water partition coefficient (Wildman–Crippen LogP) is 1.40. The molecule has 0 radical (unpaired) electrons. The Morgan fingerprint density at radius 1 is 1.30 bits per heavy atom. The highest BCUT2D eigenvalue weighted by Crippen LogP contribution is 2.13. The monoisotopic (exact) mass is 276 g/mol. The third-order valence-electron chi connectivity index (χ3n) is 2.45. The quantitative estimate of drug-likeness (QED) is 0.841. The van der Waals surface area contributed by atoms with E-state index in [4.69, 9.17) is 14.9 Å². The molecule has 0 aliphatic heterocycles. The number of hydrogen-bond acceptors (Lipinski definition) is 7. The number of aromatic nitrogens is 1. The Morgan fingerprint density at radius 3 is 2.80 bits per heavy atom. The molecule has 0 atom stereocenters. The van der Waals surface area contributed by atoms with Crippen molar-refractivity contribution >= 4 is 17.8 Å². The third-order valence-corrected chi connectivity index (χ3v) is 2.45. The number of carbonyl (C=O) groups excluding carboxylic acids is 2. The minimum absolute atomic E-state index is 0.0411. The zero-order chi connectivity index (χ0) is 14.5. The maximum atomic E-state index is 11.8. The van der Waals surface area contributed by atoms with Crippen molar-refractivity contribution in [1.82, 2.24) is 4.98 Å². The van der Waals surface area contributed by atoms with Crippen molar-refractivity contribution in [2.75, 3.05) is 12.8 Å². The second kappa shape index (κ2) is 5.87. The smallest absolute Gasteiger partial charge is 0.373 e. The Bertz CT molecular complexity index is 635. The van der Waals surface area contributed by atoms with E-state index in [-0.39, 0.29) is 23.7 Å². The van der Waals surface area contributed by atoms with Gasteiger partial charge in [0, 0.05) is 6.20 Å². The normalized spacial score (nSPS) is 10.1. The number of carbonyl (C=O) groups is 2. The summed E-state index contributed by atoms with van der Waals surface area (Å²) in [4.78, 5) is 26.7. The third kappa shape index (κ3) is 2.94. The van der Waals surface area contributed by atoms with Gasteiger partial charge in [0.05, 0.1) is 7.11 Å². The Hall–Kier alpha value is -2.83. The highest BCUT2D eigenvalue weighted by molar-refractivity contribution is 5.93. The standard InChI is InChI=1S/C13H12N2O5/c1-18-13(17)10-5-4-8(20-10)7-19-12(16)9-3-2-6-15-11(9)14/h2-6H,7H2,1H3,(H2,14,15). The highest BCUT2D eigenvalue weighted by Gasteiger charge is 2.14. The van der Waals surface area contributed by atoms with Crippen molar-refractivity contribution in [3.8, 4) is 0 Å². The summed E-state index contributed by atoms with van der Waals surface area (Å²) < 4.78 is 14.7. The fourth-order valence-electron chi connectivity index (χ4n) is 1.47. The van der Waals surface area contributed by atoms with Gasteiger partial charge in [-0.3, -0.25) is 0 Å². The first-order valence-corrected chi connectivity index (χ1v) is 5.66. The first kappa shape index (κ1) is 13.6. The number of furan rings is 1. The molecule has 0 aromatic carbocycles. The molecular weight excluding hydrogens is 264 g/mol. The van der Waals surface area contributed by atoms with Crippen molar-refractivity contribution < 1.29 is 23.5 Å². The number of pyridine rings is 1. The van der Waals surface area contributed by atoms with Gasteiger partial charge in [-0.05, 0) is 24.3 Å². The summed E-state index contributed by atoms with van der Waals surface area (Å²) in [5.74, 6) is -0.765. The van der Waals surface area contributed by atoms with E-state index in [9.17, 15) is 9.59 Å². The zero-order valence-electron chi connectivity index (χ0n) is 10.7. The number of ether oxygens (including phenoxy) is 2. The molecule has 0 amide bonds. The van der Waals surface area contributed by atoms with E-state index < -0.39 is 11.9 Å². The Kier molecular flexibility index (Phi) is 3.99. The van der Waals surface area contributed by atoms with Crippen LogP contribution in [0.5, 0.6) is 0 Å². The Labute approximate surface area is 114 Å². The summed E-state index contributed by atoms with van der Waals surface area (Å²) in [6.07, 6.45) is 1.47. The SMILES string of the molecule is COC(=O)c1ccc(COC(=O)c2cccnc2N)o1. The number of methoxy groups -OCH3 is 1. The van der Waals surface area contributed by atoms with Crippen LogP contribution in [0.15, 0.2) is 34.9 Å². The van der Waals surface area contributed by atoms with Gasteiger partial charge in [0.2, 0.25) is 5.76 Å². The minimum Gasteiger partial charge on any atom is -0.463 e. The molecule has 0 bridgehead atoms. The summed E-state index contributed by atoms with van der Waals surface area (Å²) in [6, 6.07) is 6.04. The van der Waals surface area contributed by atoms with E-state index >= 15 is 0 Å². The Morgan fingerprint density at radius 2 is 2.10 bits per heavy atom. The molecule has 0 spiro atoms.